The average Bonchev–Trinajstić information content (AvgIpc) is 2.30. The number of piperidine rings is 1. The molecule has 0 atom stereocenters. The van der Waals surface area contributed by atoms with Crippen molar-refractivity contribution in [3.05, 3.63) is 34.6 Å². The van der Waals surface area contributed by atoms with Gasteiger partial charge in [0.15, 0.2) is 0 Å². The smallest absolute Gasteiger partial charge is 0.128 e. The fourth-order valence-electron chi connectivity index (χ4n) is 2.47. The van der Waals surface area contributed by atoms with E-state index in [1.165, 1.54) is 6.07 Å². The molecule has 0 spiro atoms. The Kier molecular flexibility index (Phi) is 3.47. The molecule has 1 heterocycles. The summed E-state index contributed by atoms with van der Waals surface area (Å²) in [5.74, 6) is -0.236. The summed E-state index contributed by atoms with van der Waals surface area (Å²) in [6.45, 7) is 2.17. The maximum Gasteiger partial charge on any atom is 0.128 e. The van der Waals surface area contributed by atoms with E-state index >= 15 is 0 Å². The molecular formula is C12H16ClFN2. The van der Waals surface area contributed by atoms with Crippen molar-refractivity contribution in [1.82, 2.24) is 5.32 Å². The van der Waals surface area contributed by atoms with Crippen LogP contribution < -0.4 is 11.1 Å². The van der Waals surface area contributed by atoms with Crippen LogP contribution >= 0.6 is 11.6 Å². The Morgan fingerprint density at radius 2 is 2.06 bits per heavy atom. The van der Waals surface area contributed by atoms with Crippen molar-refractivity contribution in [3.63, 3.8) is 0 Å². The Morgan fingerprint density at radius 1 is 1.38 bits per heavy atom. The van der Waals surface area contributed by atoms with E-state index < -0.39 is 0 Å². The van der Waals surface area contributed by atoms with Gasteiger partial charge in [-0.25, -0.2) is 4.39 Å². The summed E-state index contributed by atoms with van der Waals surface area (Å²) in [7, 11) is 0. The van der Waals surface area contributed by atoms with E-state index in [2.05, 4.69) is 5.32 Å². The predicted molar refractivity (Wildman–Crippen MR) is 64.2 cm³/mol. The van der Waals surface area contributed by atoms with Crippen LogP contribution in [-0.4, -0.2) is 19.6 Å². The molecule has 0 radical (unpaired) electrons. The lowest BCUT2D eigenvalue weighted by molar-refractivity contribution is 0.306. The summed E-state index contributed by atoms with van der Waals surface area (Å²) < 4.78 is 13.9. The minimum atomic E-state index is -0.298. The second kappa shape index (κ2) is 4.70. The zero-order valence-corrected chi connectivity index (χ0v) is 9.86. The van der Waals surface area contributed by atoms with E-state index in [0.29, 0.717) is 17.1 Å². The first-order valence-electron chi connectivity index (χ1n) is 5.55. The molecule has 0 bridgehead atoms. The molecule has 0 saturated carbocycles. The van der Waals surface area contributed by atoms with Crippen LogP contribution in [0.3, 0.4) is 0 Å². The summed E-state index contributed by atoms with van der Waals surface area (Å²) in [6, 6.07) is 4.83. The first-order valence-corrected chi connectivity index (χ1v) is 5.93. The van der Waals surface area contributed by atoms with Gasteiger partial charge in [-0.2, -0.15) is 0 Å². The lowest BCUT2D eigenvalue weighted by Gasteiger charge is -2.37. The van der Waals surface area contributed by atoms with E-state index in [9.17, 15) is 4.39 Å². The lowest BCUT2D eigenvalue weighted by atomic mass is 9.73. The van der Waals surface area contributed by atoms with Gasteiger partial charge in [0.05, 0.1) is 0 Å². The van der Waals surface area contributed by atoms with Gasteiger partial charge in [0, 0.05) is 22.5 Å². The Hall–Kier alpha value is -0.640. The normalized spacial score (nSPS) is 19.7. The summed E-state index contributed by atoms with van der Waals surface area (Å²) >= 11 is 6.12. The predicted octanol–water partition coefficient (Wildman–Crippen LogP) is 2.06. The van der Waals surface area contributed by atoms with Crippen LogP contribution in [0.15, 0.2) is 18.2 Å². The van der Waals surface area contributed by atoms with E-state index in [0.717, 1.165) is 25.9 Å². The van der Waals surface area contributed by atoms with Crippen LogP contribution in [0, 0.1) is 5.82 Å². The first-order chi connectivity index (χ1) is 7.69. The quantitative estimate of drug-likeness (QED) is 0.833. The van der Waals surface area contributed by atoms with Crippen LogP contribution in [0.5, 0.6) is 0 Å². The fourth-order valence-corrected chi connectivity index (χ4v) is 2.83. The Bertz CT molecular complexity index is 355. The van der Waals surface area contributed by atoms with Gasteiger partial charge >= 0.3 is 0 Å². The van der Waals surface area contributed by atoms with E-state index in [4.69, 9.17) is 17.3 Å². The van der Waals surface area contributed by atoms with E-state index in [-0.39, 0.29) is 11.2 Å². The topological polar surface area (TPSA) is 38.0 Å². The van der Waals surface area contributed by atoms with Gasteiger partial charge in [-0.15, -0.1) is 0 Å². The molecule has 1 saturated heterocycles. The monoisotopic (exact) mass is 242 g/mol. The molecule has 0 aliphatic carbocycles. The zero-order chi connectivity index (χ0) is 11.6. The summed E-state index contributed by atoms with van der Waals surface area (Å²) in [5.41, 5.74) is 6.15. The molecule has 2 nitrogen and oxygen atoms in total. The van der Waals surface area contributed by atoms with Gasteiger partial charge in [-0.1, -0.05) is 17.7 Å². The fraction of sp³-hybridized carbons (Fsp3) is 0.500. The molecule has 0 aromatic heterocycles. The maximum atomic E-state index is 13.9. The Balaban J connectivity index is 2.46. The number of nitrogens with one attached hydrogen (secondary N) is 1. The SMILES string of the molecule is NCC1(c2c(F)cccc2Cl)CCNCC1. The van der Waals surface area contributed by atoms with Crippen molar-refractivity contribution in [2.24, 2.45) is 5.73 Å². The molecule has 1 aliphatic heterocycles. The van der Waals surface area contributed by atoms with Gasteiger partial charge < -0.3 is 11.1 Å². The lowest BCUT2D eigenvalue weighted by Crippen LogP contribution is -2.45. The van der Waals surface area contributed by atoms with Crippen LogP contribution in [0.4, 0.5) is 4.39 Å². The molecule has 1 aliphatic rings. The molecule has 1 aromatic rings. The molecule has 0 amide bonds. The molecule has 0 unspecified atom stereocenters. The van der Waals surface area contributed by atoms with Crippen LogP contribution in [0.25, 0.3) is 0 Å². The second-order valence-electron chi connectivity index (χ2n) is 4.33. The number of rotatable bonds is 2. The standard InChI is InChI=1S/C12H16ClFN2/c13-9-2-1-3-10(14)11(9)12(8-15)4-6-16-7-5-12/h1-3,16H,4-8,15H2. The zero-order valence-electron chi connectivity index (χ0n) is 9.10. The summed E-state index contributed by atoms with van der Waals surface area (Å²) in [5, 5.41) is 3.75. The highest BCUT2D eigenvalue weighted by Gasteiger charge is 2.36. The molecule has 4 heteroatoms. The minimum Gasteiger partial charge on any atom is -0.330 e. The molecule has 1 fully saturated rings. The second-order valence-corrected chi connectivity index (χ2v) is 4.74. The molecular weight excluding hydrogens is 227 g/mol. The number of halogens is 2. The third kappa shape index (κ3) is 1.95. The van der Waals surface area contributed by atoms with Gasteiger partial charge in [0.2, 0.25) is 0 Å². The Morgan fingerprint density at radius 3 is 2.62 bits per heavy atom. The van der Waals surface area contributed by atoms with Crippen LogP contribution in [-0.2, 0) is 5.41 Å². The first kappa shape index (κ1) is 11.8. The summed E-state index contributed by atoms with van der Waals surface area (Å²) in [6.07, 6.45) is 1.67. The third-order valence-electron chi connectivity index (χ3n) is 3.44. The number of hydrogen-bond donors (Lipinski definition) is 2. The number of benzene rings is 1. The minimum absolute atomic E-state index is 0.236. The number of nitrogens with two attached hydrogens (primary N) is 1. The van der Waals surface area contributed by atoms with Crippen LogP contribution in [0.1, 0.15) is 18.4 Å². The van der Waals surface area contributed by atoms with Gasteiger partial charge in [-0.05, 0) is 38.1 Å². The highest BCUT2D eigenvalue weighted by Crippen LogP contribution is 2.38. The van der Waals surface area contributed by atoms with Crippen molar-refractivity contribution in [2.45, 2.75) is 18.3 Å². The molecule has 3 N–H and O–H groups in total. The average molecular weight is 243 g/mol. The van der Waals surface area contributed by atoms with Crippen molar-refractivity contribution < 1.29 is 4.39 Å². The van der Waals surface area contributed by atoms with Gasteiger partial charge in [-0.3, -0.25) is 0 Å². The number of hydrogen-bond acceptors (Lipinski definition) is 2. The summed E-state index contributed by atoms with van der Waals surface area (Å²) in [4.78, 5) is 0. The molecule has 2 rings (SSSR count). The van der Waals surface area contributed by atoms with Crippen molar-refractivity contribution in [3.8, 4) is 0 Å². The van der Waals surface area contributed by atoms with E-state index in [1.54, 1.807) is 12.1 Å². The Labute approximate surface area is 100.0 Å². The van der Waals surface area contributed by atoms with Crippen molar-refractivity contribution in [1.29, 1.82) is 0 Å². The van der Waals surface area contributed by atoms with Crippen molar-refractivity contribution in [2.75, 3.05) is 19.6 Å². The van der Waals surface area contributed by atoms with Gasteiger partial charge in [0.25, 0.3) is 0 Å². The van der Waals surface area contributed by atoms with Gasteiger partial charge in [0.1, 0.15) is 5.82 Å². The largest absolute Gasteiger partial charge is 0.330 e. The maximum absolute atomic E-state index is 13.9. The van der Waals surface area contributed by atoms with E-state index in [1.807, 2.05) is 0 Å². The highest BCUT2D eigenvalue weighted by molar-refractivity contribution is 6.31. The third-order valence-corrected chi connectivity index (χ3v) is 3.76. The molecule has 88 valence electrons. The van der Waals surface area contributed by atoms with Crippen molar-refractivity contribution >= 4 is 11.6 Å². The highest BCUT2D eigenvalue weighted by atomic mass is 35.5. The molecule has 1 aromatic carbocycles. The molecule has 16 heavy (non-hydrogen) atoms. The van der Waals surface area contributed by atoms with Crippen LogP contribution in [0.2, 0.25) is 5.02 Å².